The van der Waals surface area contributed by atoms with Crippen LogP contribution in [0.4, 0.5) is 5.69 Å². The maximum Gasteiger partial charge on any atom is 0.0472 e. The van der Waals surface area contributed by atoms with Gasteiger partial charge in [0.15, 0.2) is 0 Å². The number of benzene rings is 1. The van der Waals surface area contributed by atoms with Gasteiger partial charge >= 0.3 is 0 Å². The third kappa shape index (κ3) is 3.74. The molecule has 0 aromatic heterocycles. The van der Waals surface area contributed by atoms with E-state index in [1.54, 1.807) is 0 Å². The van der Waals surface area contributed by atoms with Crippen LogP contribution in [0.2, 0.25) is 0 Å². The van der Waals surface area contributed by atoms with Gasteiger partial charge in [-0.1, -0.05) is 6.07 Å². The zero-order chi connectivity index (χ0) is 14.6. The molecule has 112 valence electrons. The van der Waals surface area contributed by atoms with Crippen LogP contribution >= 0.6 is 0 Å². The summed E-state index contributed by atoms with van der Waals surface area (Å²) >= 11 is 0. The van der Waals surface area contributed by atoms with E-state index >= 15 is 0 Å². The van der Waals surface area contributed by atoms with Gasteiger partial charge in [0.1, 0.15) is 0 Å². The number of anilines is 1. The van der Waals surface area contributed by atoms with E-state index in [9.17, 15) is 0 Å². The molecule has 1 aliphatic heterocycles. The molecule has 0 saturated carbocycles. The van der Waals surface area contributed by atoms with Gasteiger partial charge in [0, 0.05) is 44.5 Å². The molecule has 1 heterocycles. The molecule has 20 heavy (non-hydrogen) atoms. The minimum absolute atomic E-state index is 0.333. The van der Waals surface area contributed by atoms with Crippen molar-refractivity contribution in [3.05, 3.63) is 29.3 Å². The molecule has 3 heteroatoms. The molecule has 3 nitrogen and oxygen atoms in total. The number of ether oxygens (including phenoxy) is 1. The van der Waals surface area contributed by atoms with Gasteiger partial charge in [-0.15, -0.1) is 0 Å². The maximum atomic E-state index is 5.55. The molecule has 0 bridgehead atoms. The zero-order valence-electron chi connectivity index (χ0n) is 13.3. The van der Waals surface area contributed by atoms with Crippen molar-refractivity contribution in [3.8, 4) is 0 Å². The summed E-state index contributed by atoms with van der Waals surface area (Å²) in [5.74, 6) is 0. The van der Waals surface area contributed by atoms with Crippen LogP contribution in [0.15, 0.2) is 18.2 Å². The van der Waals surface area contributed by atoms with Gasteiger partial charge < -0.3 is 15.0 Å². The van der Waals surface area contributed by atoms with Crippen LogP contribution in [0.25, 0.3) is 0 Å². The Balaban J connectivity index is 2.13. The van der Waals surface area contributed by atoms with Crippen LogP contribution in [0.3, 0.4) is 0 Å². The average Bonchev–Trinajstić information content (AvgIpc) is 2.38. The van der Waals surface area contributed by atoms with E-state index in [1.165, 1.54) is 16.8 Å². The van der Waals surface area contributed by atoms with Gasteiger partial charge in [-0.05, 0) is 57.0 Å². The van der Waals surface area contributed by atoms with Gasteiger partial charge in [0.05, 0.1) is 0 Å². The fourth-order valence-corrected chi connectivity index (χ4v) is 3.34. The molecular formula is C17H28N2O. The summed E-state index contributed by atoms with van der Waals surface area (Å²) in [4.78, 5) is 2.41. The Kier molecular flexibility index (Phi) is 5.06. The van der Waals surface area contributed by atoms with Gasteiger partial charge in [0.2, 0.25) is 0 Å². The maximum absolute atomic E-state index is 5.55. The third-order valence-corrected chi connectivity index (χ3v) is 4.33. The highest BCUT2D eigenvalue weighted by Crippen LogP contribution is 2.32. The van der Waals surface area contributed by atoms with E-state index in [2.05, 4.69) is 49.3 Å². The number of nitrogens with one attached hydrogen (secondary N) is 1. The first-order chi connectivity index (χ1) is 9.54. The van der Waals surface area contributed by atoms with E-state index < -0.39 is 0 Å². The SMILES string of the molecule is CNCC1(CN(C)c2cc(C)cc(C)c2)CCOCC1. The molecule has 0 spiro atoms. The van der Waals surface area contributed by atoms with Crippen LogP contribution in [-0.2, 0) is 4.74 Å². The summed E-state index contributed by atoms with van der Waals surface area (Å²) in [6.07, 6.45) is 2.28. The van der Waals surface area contributed by atoms with Crippen molar-refractivity contribution in [2.75, 3.05) is 45.3 Å². The first-order valence-electron chi connectivity index (χ1n) is 7.56. The summed E-state index contributed by atoms with van der Waals surface area (Å²) in [6.45, 7) is 8.26. The lowest BCUT2D eigenvalue weighted by Gasteiger charge is -2.40. The molecule has 0 atom stereocenters. The van der Waals surface area contributed by atoms with Crippen LogP contribution < -0.4 is 10.2 Å². The lowest BCUT2D eigenvalue weighted by atomic mass is 9.79. The zero-order valence-corrected chi connectivity index (χ0v) is 13.3. The topological polar surface area (TPSA) is 24.5 Å². The highest BCUT2D eigenvalue weighted by Gasteiger charge is 2.33. The van der Waals surface area contributed by atoms with Crippen LogP contribution in [0, 0.1) is 19.3 Å². The monoisotopic (exact) mass is 276 g/mol. The number of hydrogen-bond donors (Lipinski definition) is 1. The molecule has 1 aromatic carbocycles. The summed E-state index contributed by atoms with van der Waals surface area (Å²) in [5, 5.41) is 3.38. The van der Waals surface area contributed by atoms with Crippen molar-refractivity contribution < 1.29 is 4.74 Å². The van der Waals surface area contributed by atoms with Gasteiger partial charge in [-0.2, -0.15) is 0 Å². The van der Waals surface area contributed by atoms with E-state index in [0.29, 0.717) is 5.41 Å². The fraction of sp³-hybridized carbons (Fsp3) is 0.647. The minimum Gasteiger partial charge on any atom is -0.381 e. The normalized spacial score (nSPS) is 18.0. The summed E-state index contributed by atoms with van der Waals surface area (Å²) in [7, 11) is 4.26. The number of aryl methyl sites for hydroxylation is 2. The number of hydrogen-bond acceptors (Lipinski definition) is 3. The van der Waals surface area contributed by atoms with Crippen LogP contribution in [-0.4, -0.2) is 40.4 Å². The number of nitrogens with zero attached hydrogens (tertiary/aromatic N) is 1. The van der Waals surface area contributed by atoms with E-state index in [4.69, 9.17) is 4.74 Å². The highest BCUT2D eigenvalue weighted by atomic mass is 16.5. The Morgan fingerprint density at radius 2 is 1.75 bits per heavy atom. The fourth-order valence-electron chi connectivity index (χ4n) is 3.34. The Morgan fingerprint density at radius 3 is 2.30 bits per heavy atom. The van der Waals surface area contributed by atoms with Crippen molar-refractivity contribution in [2.45, 2.75) is 26.7 Å². The van der Waals surface area contributed by atoms with E-state index in [-0.39, 0.29) is 0 Å². The summed E-state index contributed by atoms with van der Waals surface area (Å²) in [5.41, 5.74) is 4.33. The van der Waals surface area contributed by atoms with Crippen LogP contribution in [0.5, 0.6) is 0 Å². The largest absolute Gasteiger partial charge is 0.381 e. The van der Waals surface area contributed by atoms with Crippen molar-refractivity contribution in [1.82, 2.24) is 5.32 Å². The first-order valence-corrected chi connectivity index (χ1v) is 7.56. The Morgan fingerprint density at radius 1 is 1.15 bits per heavy atom. The Bertz CT molecular complexity index is 413. The second-order valence-corrected chi connectivity index (χ2v) is 6.34. The Labute approximate surface area is 123 Å². The Hall–Kier alpha value is -1.06. The third-order valence-electron chi connectivity index (χ3n) is 4.33. The molecule has 1 aliphatic rings. The smallest absolute Gasteiger partial charge is 0.0472 e. The van der Waals surface area contributed by atoms with Crippen LogP contribution in [0.1, 0.15) is 24.0 Å². The second kappa shape index (κ2) is 6.59. The molecule has 0 amide bonds. The first kappa shape index (κ1) is 15.3. The molecular weight excluding hydrogens is 248 g/mol. The summed E-state index contributed by atoms with van der Waals surface area (Å²) in [6, 6.07) is 6.79. The lowest BCUT2D eigenvalue weighted by Crippen LogP contribution is -2.46. The predicted octanol–water partition coefficient (Wildman–Crippen LogP) is 2.76. The molecule has 1 N–H and O–H groups in total. The minimum atomic E-state index is 0.333. The van der Waals surface area contributed by atoms with Gasteiger partial charge in [0.25, 0.3) is 0 Å². The van der Waals surface area contributed by atoms with Crippen molar-refractivity contribution in [2.24, 2.45) is 5.41 Å². The highest BCUT2D eigenvalue weighted by molar-refractivity contribution is 5.50. The number of rotatable bonds is 5. The molecule has 0 aliphatic carbocycles. The lowest BCUT2D eigenvalue weighted by molar-refractivity contribution is 0.0197. The van der Waals surface area contributed by atoms with Gasteiger partial charge in [-0.25, -0.2) is 0 Å². The average molecular weight is 276 g/mol. The second-order valence-electron chi connectivity index (χ2n) is 6.34. The van der Waals surface area contributed by atoms with E-state index in [0.717, 1.165) is 39.1 Å². The molecule has 1 fully saturated rings. The van der Waals surface area contributed by atoms with Crippen molar-refractivity contribution >= 4 is 5.69 Å². The quantitative estimate of drug-likeness (QED) is 0.895. The van der Waals surface area contributed by atoms with Crippen molar-refractivity contribution in [1.29, 1.82) is 0 Å². The van der Waals surface area contributed by atoms with E-state index in [1.807, 2.05) is 7.05 Å². The predicted molar refractivity (Wildman–Crippen MR) is 85.6 cm³/mol. The molecule has 0 unspecified atom stereocenters. The van der Waals surface area contributed by atoms with Gasteiger partial charge in [-0.3, -0.25) is 0 Å². The molecule has 2 rings (SSSR count). The van der Waals surface area contributed by atoms with Crippen molar-refractivity contribution in [3.63, 3.8) is 0 Å². The molecule has 0 radical (unpaired) electrons. The molecule has 1 aromatic rings. The molecule has 1 saturated heterocycles. The standard InChI is InChI=1S/C17H28N2O/c1-14-9-15(2)11-16(10-14)19(4)13-17(12-18-3)5-7-20-8-6-17/h9-11,18H,5-8,12-13H2,1-4H3. The summed E-state index contributed by atoms with van der Waals surface area (Å²) < 4.78 is 5.55.